The number of fused-ring (bicyclic) bond motifs is 1. The van der Waals surface area contributed by atoms with E-state index < -0.39 is 65.1 Å². The Hall–Kier alpha value is -3.47. The van der Waals surface area contributed by atoms with E-state index in [1.807, 2.05) is 23.5 Å². The van der Waals surface area contributed by atoms with Crippen LogP contribution in [0.5, 0.6) is 0 Å². The van der Waals surface area contributed by atoms with Gasteiger partial charge in [0.1, 0.15) is 5.70 Å². The van der Waals surface area contributed by atoms with Crippen LogP contribution in [0.25, 0.3) is 0 Å². The molecular formula is C30H42N4O10SSi. The number of nitro groups is 1. The van der Waals surface area contributed by atoms with Gasteiger partial charge in [-0.2, -0.15) is 0 Å². The van der Waals surface area contributed by atoms with E-state index >= 15 is 0 Å². The zero-order chi connectivity index (χ0) is 34.1. The highest BCUT2D eigenvalue weighted by molar-refractivity contribution is 7.89. The molecule has 0 aromatic heterocycles. The largest absolute Gasteiger partial charge is 0.413 e. The number of sulfonamides is 1. The maximum Gasteiger partial charge on any atom is 0.362 e. The van der Waals surface area contributed by atoms with Gasteiger partial charge in [0.2, 0.25) is 21.8 Å². The topological polar surface area (TPSA) is 183 Å². The van der Waals surface area contributed by atoms with Gasteiger partial charge >= 0.3 is 11.9 Å². The highest BCUT2D eigenvalue weighted by Gasteiger charge is 2.61. The van der Waals surface area contributed by atoms with E-state index in [9.17, 15) is 37.7 Å². The molecule has 2 saturated heterocycles. The van der Waals surface area contributed by atoms with Crippen LogP contribution in [0.2, 0.25) is 18.1 Å². The number of amides is 2. The summed E-state index contributed by atoms with van der Waals surface area (Å²) in [5.74, 6) is -4.34. The van der Waals surface area contributed by atoms with E-state index in [4.69, 9.17) is 9.16 Å². The summed E-state index contributed by atoms with van der Waals surface area (Å²) in [5.41, 5.74) is 0.237. The highest BCUT2D eigenvalue weighted by atomic mass is 32.2. The molecule has 1 aromatic rings. The minimum atomic E-state index is -3.72. The van der Waals surface area contributed by atoms with Crippen molar-refractivity contribution in [3.63, 3.8) is 0 Å². The molecule has 252 valence electrons. The quantitative estimate of drug-likeness (QED) is 0.0809. The van der Waals surface area contributed by atoms with Crippen LogP contribution < -0.4 is 4.72 Å². The molecule has 3 aliphatic heterocycles. The lowest BCUT2D eigenvalue weighted by Crippen LogP contribution is -2.65. The molecule has 0 spiro atoms. The fourth-order valence-electron chi connectivity index (χ4n) is 6.90. The number of rotatable bonds is 13. The van der Waals surface area contributed by atoms with Crippen LogP contribution in [0.3, 0.4) is 0 Å². The fraction of sp³-hybridized carbons (Fsp3) is 0.600. The summed E-state index contributed by atoms with van der Waals surface area (Å²) in [4.78, 5) is 66.6. The summed E-state index contributed by atoms with van der Waals surface area (Å²) in [5, 5.41) is 11.0. The van der Waals surface area contributed by atoms with Crippen molar-refractivity contribution < 1.29 is 41.7 Å². The van der Waals surface area contributed by atoms with E-state index in [2.05, 4.69) is 20.8 Å². The molecular weight excluding hydrogens is 637 g/mol. The van der Waals surface area contributed by atoms with Crippen molar-refractivity contribution in [3.8, 4) is 0 Å². The lowest BCUT2D eigenvalue weighted by Gasteiger charge is -2.49. The Kier molecular flexibility index (Phi) is 10.5. The monoisotopic (exact) mass is 678 g/mol. The van der Waals surface area contributed by atoms with Crippen LogP contribution in [0.4, 0.5) is 5.69 Å². The number of ether oxygens (including phenoxy) is 1. The zero-order valence-corrected chi connectivity index (χ0v) is 28.8. The number of esters is 2. The molecule has 1 N–H and O–H groups in total. The Labute approximate surface area is 269 Å². The third-order valence-electron chi connectivity index (χ3n) is 9.69. The first kappa shape index (κ1) is 35.4. The second-order valence-electron chi connectivity index (χ2n) is 12.4. The average Bonchev–Trinajstić information content (AvgIpc) is 3.56. The van der Waals surface area contributed by atoms with Crippen LogP contribution in [0, 0.1) is 27.9 Å². The Balaban J connectivity index is 1.60. The number of carbonyl (C=O) groups excluding carboxylic acids is 4. The molecule has 4 rings (SSSR count). The number of likely N-dealkylation sites (tertiary alicyclic amines) is 1. The first-order valence-electron chi connectivity index (χ1n) is 15.5. The predicted molar refractivity (Wildman–Crippen MR) is 169 cm³/mol. The van der Waals surface area contributed by atoms with Crippen molar-refractivity contribution in [2.45, 2.75) is 71.3 Å². The summed E-state index contributed by atoms with van der Waals surface area (Å²) in [6.45, 7) is 11.0. The van der Waals surface area contributed by atoms with Crippen molar-refractivity contribution in [3.05, 3.63) is 51.2 Å². The number of nitrogens with one attached hydrogen (secondary N) is 1. The predicted octanol–water partition coefficient (Wildman–Crippen LogP) is 2.82. The molecule has 0 bridgehead atoms. The number of nitrogens with zero attached hydrogens (tertiary/aromatic N) is 3. The van der Waals surface area contributed by atoms with Crippen molar-refractivity contribution in [2.75, 3.05) is 25.9 Å². The van der Waals surface area contributed by atoms with Gasteiger partial charge in [-0.25, -0.2) is 18.0 Å². The summed E-state index contributed by atoms with van der Waals surface area (Å²) < 4.78 is 37.1. The molecule has 0 aliphatic carbocycles. The van der Waals surface area contributed by atoms with Crippen molar-refractivity contribution in [1.29, 1.82) is 0 Å². The average molecular weight is 679 g/mol. The van der Waals surface area contributed by atoms with Gasteiger partial charge in [0.15, 0.2) is 8.32 Å². The molecule has 14 nitrogen and oxygen atoms in total. The van der Waals surface area contributed by atoms with Crippen molar-refractivity contribution in [1.82, 2.24) is 14.5 Å². The molecule has 2 amide bonds. The number of β-lactam (4-membered cyclic amide) rings is 1. The van der Waals surface area contributed by atoms with E-state index in [-0.39, 0.29) is 41.9 Å². The minimum absolute atomic E-state index is 0.0322. The normalized spacial score (nSPS) is 24.0. The minimum Gasteiger partial charge on any atom is -0.413 e. The zero-order valence-electron chi connectivity index (χ0n) is 27.0. The molecule has 16 heteroatoms. The van der Waals surface area contributed by atoms with E-state index in [0.29, 0.717) is 18.5 Å². The number of nitro benzene ring substituents is 1. The Morgan fingerprint density at radius 3 is 2.26 bits per heavy atom. The van der Waals surface area contributed by atoms with Gasteiger partial charge in [-0.05, 0) is 55.7 Å². The molecule has 3 aliphatic rings. The summed E-state index contributed by atoms with van der Waals surface area (Å²) >= 11 is 0. The number of hydrogen-bond donors (Lipinski definition) is 1. The van der Waals surface area contributed by atoms with Crippen molar-refractivity contribution in [2.24, 2.45) is 17.8 Å². The highest BCUT2D eigenvalue weighted by Crippen LogP contribution is 2.49. The van der Waals surface area contributed by atoms with Gasteiger partial charge < -0.3 is 14.1 Å². The van der Waals surface area contributed by atoms with Gasteiger partial charge in [0.25, 0.3) is 5.69 Å². The van der Waals surface area contributed by atoms with Crippen LogP contribution in [-0.2, 0) is 33.6 Å². The van der Waals surface area contributed by atoms with Gasteiger partial charge in [-0.1, -0.05) is 27.7 Å². The molecule has 1 unspecified atom stereocenters. The summed E-state index contributed by atoms with van der Waals surface area (Å²) in [7, 11) is -5.79. The number of hydrogen-bond acceptors (Lipinski definition) is 11. The third kappa shape index (κ3) is 7.09. The second-order valence-corrected chi connectivity index (χ2v) is 18.9. The smallest absolute Gasteiger partial charge is 0.362 e. The van der Waals surface area contributed by atoms with Gasteiger partial charge in [0.05, 0.1) is 40.7 Å². The summed E-state index contributed by atoms with van der Waals surface area (Å²) in [6, 6.07) is 6.94. The molecule has 0 radical (unpaired) electrons. The maximum absolute atomic E-state index is 13.8. The Morgan fingerprint density at radius 2 is 1.72 bits per heavy atom. The summed E-state index contributed by atoms with van der Waals surface area (Å²) in [6.07, 6.45) is 0.921. The SMILES string of the molecule is CC[Si](CC)(CC)OC(C)[C@H]1C(=O)N2C(C(=O)OC(=O)c3ccc([N+](=O)[O-])cc3)=C(CN3CC[C@H](C(=O)NS(C)(=O)=O)C3)[C@H](C)[C@H]12. The standard InChI is InChI=1S/C30H42N4O10SSi/c1-7-46(8-2,9-3)44-19(5)24-25-18(4)23(17-32-15-14-21(16-32)27(35)31-45(6,41)42)26(33(25)28(24)36)30(38)43-29(37)20-10-12-22(13-11-20)34(39)40/h10-13,18-19,21,24-25H,7-9,14-17H2,1-6H3,(H,31,35)/t18-,19?,21-,24+,25+/m0/s1. The number of benzene rings is 1. The third-order valence-corrected chi connectivity index (χ3v) is 15.0. The molecule has 0 saturated carbocycles. The van der Waals surface area contributed by atoms with E-state index in [1.165, 1.54) is 17.0 Å². The Morgan fingerprint density at radius 1 is 1.11 bits per heavy atom. The van der Waals surface area contributed by atoms with Crippen LogP contribution in [-0.4, -0.2) is 93.2 Å². The molecule has 2 fully saturated rings. The lowest BCUT2D eigenvalue weighted by atomic mass is 9.77. The fourth-order valence-corrected chi connectivity index (χ4v) is 10.4. The van der Waals surface area contributed by atoms with Crippen molar-refractivity contribution >= 4 is 47.8 Å². The second kappa shape index (κ2) is 13.7. The first-order valence-corrected chi connectivity index (χ1v) is 20.0. The molecule has 1 aromatic carbocycles. The molecule has 5 atom stereocenters. The van der Waals surface area contributed by atoms with E-state index in [1.54, 1.807) is 0 Å². The van der Waals surface area contributed by atoms with E-state index in [0.717, 1.165) is 36.5 Å². The van der Waals surface area contributed by atoms with Crippen LogP contribution in [0.15, 0.2) is 35.5 Å². The number of non-ortho nitro benzene ring substituents is 1. The lowest BCUT2D eigenvalue weighted by molar-refractivity contribution is -0.384. The molecule has 46 heavy (non-hydrogen) atoms. The molecule has 3 heterocycles. The first-order chi connectivity index (χ1) is 21.6. The van der Waals surface area contributed by atoms with Gasteiger partial charge in [0, 0.05) is 31.1 Å². The van der Waals surface area contributed by atoms with Crippen LogP contribution in [0.1, 0.15) is 51.4 Å². The Bertz CT molecular complexity index is 1530. The van der Waals surface area contributed by atoms with Gasteiger partial charge in [-0.15, -0.1) is 0 Å². The van der Waals surface area contributed by atoms with Gasteiger partial charge in [-0.3, -0.25) is 29.3 Å². The van der Waals surface area contributed by atoms with Crippen LogP contribution >= 0.6 is 0 Å². The number of carbonyl (C=O) groups is 4. The maximum atomic E-state index is 13.8.